The van der Waals surface area contributed by atoms with Crippen molar-refractivity contribution in [1.29, 1.82) is 0 Å². The first-order valence-corrected chi connectivity index (χ1v) is 6.14. The Balaban J connectivity index is 2.20. The lowest BCUT2D eigenvalue weighted by Gasteiger charge is -2.06. The van der Waals surface area contributed by atoms with Gasteiger partial charge in [-0.15, -0.1) is 0 Å². The summed E-state index contributed by atoms with van der Waals surface area (Å²) in [5.74, 6) is 1.17. The van der Waals surface area contributed by atoms with E-state index in [1.807, 2.05) is 19.1 Å². The molecule has 0 saturated carbocycles. The third-order valence-electron chi connectivity index (χ3n) is 2.45. The van der Waals surface area contributed by atoms with E-state index in [9.17, 15) is 4.79 Å². The summed E-state index contributed by atoms with van der Waals surface area (Å²) in [5.41, 5.74) is 1.23. The van der Waals surface area contributed by atoms with Gasteiger partial charge in [0, 0.05) is 13.0 Å². The zero-order valence-electron chi connectivity index (χ0n) is 10.7. The van der Waals surface area contributed by atoms with E-state index in [0.29, 0.717) is 13.0 Å². The van der Waals surface area contributed by atoms with Crippen LogP contribution < -0.4 is 10.1 Å². The molecule has 0 aliphatic carbocycles. The summed E-state index contributed by atoms with van der Waals surface area (Å²) >= 11 is 0. The molecule has 1 aromatic rings. The molecule has 0 fully saturated rings. The fourth-order valence-corrected chi connectivity index (χ4v) is 1.57. The van der Waals surface area contributed by atoms with E-state index in [1.165, 1.54) is 5.56 Å². The van der Waals surface area contributed by atoms with Crippen molar-refractivity contribution in [2.24, 2.45) is 0 Å². The van der Waals surface area contributed by atoms with Crippen molar-refractivity contribution in [2.45, 2.75) is 33.2 Å². The number of rotatable bonds is 8. The molecule has 1 N–H and O–H groups in total. The predicted octanol–water partition coefficient (Wildman–Crippen LogP) is 2.54. The average molecular weight is 235 g/mol. The smallest absolute Gasteiger partial charge is 0.129 e. The average Bonchev–Trinajstić information content (AvgIpc) is 2.31. The number of nitrogens with one attached hydrogen (secondary N) is 1. The molecule has 0 radical (unpaired) electrons. The van der Waals surface area contributed by atoms with E-state index in [2.05, 4.69) is 17.4 Å². The van der Waals surface area contributed by atoms with Gasteiger partial charge in [-0.1, -0.05) is 12.1 Å². The Morgan fingerprint density at radius 3 is 2.59 bits per heavy atom. The van der Waals surface area contributed by atoms with Crippen LogP contribution in [0.15, 0.2) is 24.3 Å². The molecule has 17 heavy (non-hydrogen) atoms. The van der Waals surface area contributed by atoms with Crippen molar-refractivity contribution in [3.05, 3.63) is 29.8 Å². The van der Waals surface area contributed by atoms with E-state index in [1.54, 1.807) is 6.92 Å². The highest BCUT2D eigenvalue weighted by Gasteiger charge is 1.96. The Kier molecular flexibility index (Phi) is 6.33. The minimum Gasteiger partial charge on any atom is -0.494 e. The zero-order valence-corrected chi connectivity index (χ0v) is 10.7. The molecule has 0 heterocycles. The van der Waals surface area contributed by atoms with Gasteiger partial charge in [-0.05, 0) is 44.5 Å². The van der Waals surface area contributed by atoms with Crippen LogP contribution in [0.1, 0.15) is 32.3 Å². The lowest BCUT2D eigenvalue weighted by atomic mass is 10.2. The number of hydrogen-bond acceptors (Lipinski definition) is 3. The second-order valence-electron chi connectivity index (χ2n) is 4.06. The molecule has 1 aromatic carbocycles. The molecule has 94 valence electrons. The van der Waals surface area contributed by atoms with E-state index >= 15 is 0 Å². The topological polar surface area (TPSA) is 38.3 Å². The third kappa shape index (κ3) is 6.07. The van der Waals surface area contributed by atoms with Gasteiger partial charge >= 0.3 is 0 Å². The number of ether oxygens (including phenoxy) is 1. The number of hydrogen-bond donors (Lipinski definition) is 1. The quantitative estimate of drug-likeness (QED) is 0.704. The predicted molar refractivity (Wildman–Crippen MR) is 69.2 cm³/mol. The molecule has 1 rings (SSSR count). The van der Waals surface area contributed by atoms with Crippen LogP contribution in [0, 0.1) is 0 Å². The van der Waals surface area contributed by atoms with Gasteiger partial charge in [0.05, 0.1) is 6.61 Å². The van der Waals surface area contributed by atoms with E-state index in [4.69, 9.17) is 4.74 Å². The van der Waals surface area contributed by atoms with Crippen molar-refractivity contribution in [3.63, 3.8) is 0 Å². The van der Waals surface area contributed by atoms with E-state index in [-0.39, 0.29) is 5.78 Å². The number of ketones is 1. The standard InChI is InChI=1S/C14H21NO2/c1-3-17-14-8-6-13(7-9-14)11-15-10-4-5-12(2)16/h6-9,15H,3-5,10-11H2,1-2H3. The maximum Gasteiger partial charge on any atom is 0.129 e. The second kappa shape index (κ2) is 7.85. The first-order chi connectivity index (χ1) is 8.22. The van der Waals surface area contributed by atoms with Gasteiger partial charge in [0.2, 0.25) is 0 Å². The molecular formula is C14H21NO2. The molecule has 0 unspecified atom stereocenters. The Hall–Kier alpha value is -1.35. The summed E-state index contributed by atoms with van der Waals surface area (Å²) in [7, 11) is 0. The summed E-state index contributed by atoms with van der Waals surface area (Å²) in [4.78, 5) is 10.7. The van der Waals surface area contributed by atoms with E-state index < -0.39 is 0 Å². The molecule has 3 nitrogen and oxygen atoms in total. The summed E-state index contributed by atoms with van der Waals surface area (Å²) in [6, 6.07) is 8.08. The number of carbonyl (C=O) groups is 1. The van der Waals surface area contributed by atoms with Crippen LogP contribution in [0.25, 0.3) is 0 Å². The molecular weight excluding hydrogens is 214 g/mol. The lowest BCUT2D eigenvalue weighted by Crippen LogP contribution is -2.15. The van der Waals surface area contributed by atoms with Crippen molar-refractivity contribution >= 4 is 5.78 Å². The molecule has 0 amide bonds. The lowest BCUT2D eigenvalue weighted by molar-refractivity contribution is -0.117. The van der Waals surface area contributed by atoms with Gasteiger partial charge in [0.15, 0.2) is 0 Å². The highest BCUT2D eigenvalue weighted by atomic mass is 16.5. The molecule has 0 aliphatic rings. The summed E-state index contributed by atoms with van der Waals surface area (Å²) in [5, 5.41) is 3.32. The minimum atomic E-state index is 0.257. The van der Waals surface area contributed by atoms with E-state index in [0.717, 1.165) is 25.3 Å². The van der Waals surface area contributed by atoms with Crippen LogP contribution in [0.3, 0.4) is 0 Å². The number of benzene rings is 1. The van der Waals surface area contributed by atoms with Gasteiger partial charge in [0.1, 0.15) is 11.5 Å². The highest BCUT2D eigenvalue weighted by molar-refractivity contribution is 5.75. The highest BCUT2D eigenvalue weighted by Crippen LogP contribution is 2.11. The Bertz CT molecular complexity index is 333. The SMILES string of the molecule is CCOc1ccc(CNCCCC(C)=O)cc1. The minimum absolute atomic E-state index is 0.257. The summed E-state index contributed by atoms with van der Waals surface area (Å²) in [6.07, 6.45) is 1.57. The van der Waals surface area contributed by atoms with Crippen LogP contribution in [-0.4, -0.2) is 18.9 Å². The fourth-order valence-electron chi connectivity index (χ4n) is 1.57. The first kappa shape index (κ1) is 13.7. The maximum atomic E-state index is 10.7. The van der Waals surface area contributed by atoms with Crippen molar-refractivity contribution in [3.8, 4) is 5.75 Å². The van der Waals surface area contributed by atoms with Gasteiger partial charge < -0.3 is 14.8 Å². The van der Waals surface area contributed by atoms with Crippen LogP contribution in [0.5, 0.6) is 5.75 Å². The second-order valence-corrected chi connectivity index (χ2v) is 4.06. The Morgan fingerprint density at radius 2 is 2.00 bits per heavy atom. The largest absolute Gasteiger partial charge is 0.494 e. The van der Waals surface area contributed by atoms with Gasteiger partial charge in [-0.25, -0.2) is 0 Å². The van der Waals surface area contributed by atoms with Crippen LogP contribution in [-0.2, 0) is 11.3 Å². The van der Waals surface area contributed by atoms with Crippen LogP contribution in [0.4, 0.5) is 0 Å². The maximum absolute atomic E-state index is 10.7. The van der Waals surface area contributed by atoms with Gasteiger partial charge in [-0.2, -0.15) is 0 Å². The summed E-state index contributed by atoms with van der Waals surface area (Å²) in [6.45, 7) is 6.02. The van der Waals surface area contributed by atoms with Gasteiger partial charge in [0.25, 0.3) is 0 Å². The fraction of sp³-hybridized carbons (Fsp3) is 0.500. The molecule has 0 atom stereocenters. The van der Waals surface area contributed by atoms with Crippen LogP contribution in [0.2, 0.25) is 0 Å². The molecule has 0 aliphatic heterocycles. The Morgan fingerprint density at radius 1 is 1.29 bits per heavy atom. The Labute approximate surface area is 103 Å². The van der Waals surface area contributed by atoms with Gasteiger partial charge in [-0.3, -0.25) is 0 Å². The molecule has 3 heteroatoms. The normalized spacial score (nSPS) is 10.2. The molecule has 0 bridgehead atoms. The summed E-state index contributed by atoms with van der Waals surface area (Å²) < 4.78 is 5.37. The van der Waals surface area contributed by atoms with Crippen molar-refractivity contribution < 1.29 is 9.53 Å². The first-order valence-electron chi connectivity index (χ1n) is 6.14. The van der Waals surface area contributed by atoms with Crippen molar-refractivity contribution in [2.75, 3.05) is 13.2 Å². The molecule has 0 aromatic heterocycles. The van der Waals surface area contributed by atoms with Crippen molar-refractivity contribution in [1.82, 2.24) is 5.32 Å². The monoisotopic (exact) mass is 235 g/mol. The number of Topliss-reactive ketones (excluding diaryl/α,β-unsaturated/α-hetero) is 1. The zero-order chi connectivity index (χ0) is 12.5. The number of carbonyl (C=O) groups excluding carboxylic acids is 1. The van der Waals surface area contributed by atoms with Crippen LogP contribution >= 0.6 is 0 Å². The molecule has 0 spiro atoms. The molecule has 0 saturated heterocycles. The third-order valence-corrected chi connectivity index (χ3v) is 2.45.